The fraction of sp³-hybridized carbons (Fsp3) is 0.188. The second kappa shape index (κ2) is 6.70. The van der Waals surface area contributed by atoms with Gasteiger partial charge in [-0.15, -0.1) is 0 Å². The smallest absolute Gasteiger partial charge is 0.164 e. The van der Waals surface area contributed by atoms with Crippen LogP contribution in [-0.2, 0) is 0 Å². The van der Waals surface area contributed by atoms with E-state index in [1.807, 2.05) is 55.5 Å². The molecule has 0 heterocycles. The van der Waals surface area contributed by atoms with Gasteiger partial charge in [-0.25, -0.2) is 0 Å². The minimum absolute atomic E-state index is 0.179. The van der Waals surface area contributed by atoms with Gasteiger partial charge in [-0.3, -0.25) is 4.79 Å². The van der Waals surface area contributed by atoms with Crippen molar-refractivity contribution in [2.75, 3.05) is 11.9 Å². The van der Waals surface area contributed by atoms with Crippen molar-refractivity contribution < 1.29 is 4.79 Å². The van der Waals surface area contributed by atoms with Gasteiger partial charge >= 0.3 is 0 Å². The van der Waals surface area contributed by atoms with Crippen LogP contribution in [0.25, 0.3) is 0 Å². The van der Waals surface area contributed by atoms with Crippen LogP contribution in [0.1, 0.15) is 22.3 Å². The molecule has 0 aliphatic rings. The highest BCUT2D eigenvalue weighted by Crippen LogP contribution is 2.11. The first-order chi connectivity index (χ1) is 9.15. The molecule has 0 unspecified atom stereocenters. The summed E-state index contributed by atoms with van der Waals surface area (Å²) >= 11 is 2.27. The summed E-state index contributed by atoms with van der Waals surface area (Å²) in [5, 5.41) is 3.26. The molecule has 0 radical (unpaired) electrons. The van der Waals surface area contributed by atoms with E-state index in [1.54, 1.807) is 0 Å². The Kier molecular flexibility index (Phi) is 4.96. The van der Waals surface area contributed by atoms with Gasteiger partial charge < -0.3 is 5.32 Å². The Morgan fingerprint density at radius 2 is 1.68 bits per heavy atom. The summed E-state index contributed by atoms with van der Waals surface area (Å²) < 4.78 is 1.21. The topological polar surface area (TPSA) is 29.1 Å². The van der Waals surface area contributed by atoms with E-state index in [4.69, 9.17) is 0 Å². The maximum atomic E-state index is 12.0. The lowest BCUT2D eigenvalue weighted by atomic mass is 10.1. The Morgan fingerprint density at radius 3 is 2.32 bits per heavy atom. The predicted molar refractivity (Wildman–Crippen MR) is 87.8 cm³/mol. The Labute approximate surface area is 127 Å². The number of carbonyl (C=O) groups excluding carboxylic acids is 1. The van der Waals surface area contributed by atoms with Gasteiger partial charge in [-0.2, -0.15) is 0 Å². The lowest BCUT2D eigenvalue weighted by Crippen LogP contribution is -2.08. The van der Waals surface area contributed by atoms with E-state index in [0.29, 0.717) is 13.0 Å². The largest absolute Gasteiger partial charge is 0.385 e. The van der Waals surface area contributed by atoms with Gasteiger partial charge in [-0.05, 0) is 53.8 Å². The Morgan fingerprint density at radius 1 is 1.05 bits per heavy atom. The van der Waals surface area contributed by atoms with Crippen LogP contribution in [0.4, 0.5) is 5.69 Å². The zero-order chi connectivity index (χ0) is 13.7. The standard InChI is InChI=1S/C16H16INO/c1-12-2-4-13(5-3-12)16(19)10-11-18-15-8-6-14(17)7-9-15/h2-9,18H,10-11H2,1H3. The van der Waals surface area contributed by atoms with Crippen LogP contribution in [0.15, 0.2) is 48.5 Å². The number of halogens is 1. The first-order valence-corrected chi connectivity index (χ1v) is 7.32. The molecule has 98 valence electrons. The van der Waals surface area contributed by atoms with Crippen molar-refractivity contribution in [2.24, 2.45) is 0 Å². The Balaban J connectivity index is 1.84. The number of ketones is 1. The van der Waals surface area contributed by atoms with Crippen LogP contribution < -0.4 is 5.32 Å². The molecule has 0 fully saturated rings. The van der Waals surface area contributed by atoms with Crippen molar-refractivity contribution in [3.63, 3.8) is 0 Å². The summed E-state index contributed by atoms with van der Waals surface area (Å²) in [6.45, 7) is 2.68. The minimum Gasteiger partial charge on any atom is -0.385 e. The molecule has 0 aliphatic heterocycles. The van der Waals surface area contributed by atoms with E-state index in [1.165, 1.54) is 9.13 Å². The molecule has 0 atom stereocenters. The molecule has 0 saturated heterocycles. The number of Topliss-reactive ketones (excluding diaryl/α,β-unsaturated/α-hetero) is 1. The summed E-state index contributed by atoms with van der Waals surface area (Å²) in [5.74, 6) is 0.179. The monoisotopic (exact) mass is 365 g/mol. The fourth-order valence-electron chi connectivity index (χ4n) is 1.77. The maximum absolute atomic E-state index is 12.0. The van der Waals surface area contributed by atoms with Gasteiger partial charge in [0.1, 0.15) is 0 Å². The first-order valence-electron chi connectivity index (χ1n) is 6.24. The molecular formula is C16H16INO. The molecule has 0 aromatic heterocycles. The predicted octanol–water partition coefficient (Wildman–Crippen LogP) is 4.28. The molecule has 1 N–H and O–H groups in total. The van der Waals surface area contributed by atoms with Crippen molar-refractivity contribution in [1.29, 1.82) is 0 Å². The molecule has 2 aromatic rings. The van der Waals surface area contributed by atoms with Gasteiger partial charge in [-0.1, -0.05) is 29.8 Å². The number of anilines is 1. The minimum atomic E-state index is 0.179. The second-order valence-corrected chi connectivity index (χ2v) is 5.72. The average Bonchev–Trinajstić information content (AvgIpc) is 2.41. The molecule has 2 rings (SSSR count). The van der Waals surface area contributed by atoms with Gasteiger partial charge in [0.15, 0.2) is 5.78 Å². The Bertz CT molecular complexity index is 546. The quantitative estimate of drug-likeness (QED) is 0.633. The third-order valence-corrected chi connectivity index (χ3v) is 3.62. The van der Waals surface area contributed by atoms with E-state index in [2.05, 4.69) is 27.9 Å². The normalized spacial score (nSPS) is 10.2. The number of hydrogen-bond donors (Lipinski definition) is 1. The number of aryl methyl sites for hydroxylation is 1. The Hall–Kier alpha value is -1.36. The molecule has 0 aliphatic carbocycles. The first kappa shape index (κ1) is 14.1. The van der Waals surface area contributed by atoms with E-state index in [0.717, 1.165) is 11.3 Å². The van der Waals surface area contributed by atoms with Crippen molar-refractivity contribution in [3.05, 3.63) is 63.2 Å². The lowest BCUT2D eigenvalue weighted by molar-refractivity contribution is 0.0986. The second-order valence-electron chi connectivity index (χ2n) is 4.47. The van der Waals surface area contributed by atoms with E-state index in [9.17, 15) is 4.79 Å². The number of benzene rings is 2. The fourth-order valence-corrected chi connectivity index (χ4v) is 2.13. The van der Waals surface area contributed by atoms with E-state index < -0.39 is 0 Å². The molecule has 0 bridgehead atoms. The zero-order valence-corrected chi connectivity index (χ0v) is 13.0. The van der Waals surface area contributed by atoms with Crippen molar-refractivity contribution in [3.8, 4) is 0 Å². The SMILES string of the molecule is Cc1ccc(C(=O)CCNc2ccc(I)cc2)cc1. The molecule has 2 nitrogen and oxygen atoms in total. The highest BCUT2D eigenvalue weighted by atomic mass is 127. The molecule has 0 spiro atoms. The van der Waals surface area contributed by atoms with Gasteiger partial charge in [0.05, 0.1) is 0 Å². The van der Waals surface area contributed by atoms with E-state index in [-0.39, 0.29) is 5.78 Å². The molecule has 0 saturated carbocycles. The molecular weight excluding hydrogens is 349 g/mol. The van der Waals surface area contributed by atoms with Crippen LogP contribution in [-0.4, -0.2) is 12.3 Å². The lowest BCUT2D eigenvalue weighted by Gasteiger charge is -2.06. The van der Waals surface area contributed by atoms with Gasteiger partial charge in [0.25, 0.3) is 0 Å². The van der Waals surface area contributed by atoms with Crippen LogP contribution in [0.5, 0.6) is 0 Å². The summed E-state index contributed by atoms with van der Waals surface area (Å²) in [7, 11) is 0. The van der Waals surface area contributed by atoms with Crippen LogP contribution in [0.3, 0.4) is 0 Å². The van der Waals surface area contributed by atoms with Gasteiger partial charge in [0.2, 0.25) is 0 Å². The summed E-state index contributed by atoms with van der Waals surface area (Å²) in [6.07, 6.45) is 0.509. The van der Waals surface area contributed by atoms with Crippen molar-refractivity contribution in [2.45, 2.75) is 13.3 Å². The molecule has 0 amide bonds. The number of carbonyl (C=O) groups is 1. The average molecular weight is 365 g/mol. The van der Waals surface area contributed by atoms with Crippen LogP contribution in [0, 0.1) is 10.5 Å². The summed E-state index contributed by atoms with van der Waals surface area (Å²) in [6, 6.07) is 15.9. The molecule has 3 heteroatoms. The number of nitrogens with one attached hydrogen (secondary N) is 1. The molecule has 2 aromatic carbocycles. The number of rotatable bonds is 5. The molecule has 19 heavy (non-hydrogen) atoms. The zero-order valence-electron chi connectivity index (χ0n) is 10.8. The number of hydrogen-bond acceptors (Lipinski definition) is 2. The van der Waals surface area contributed by atoms with Crippen LogP contribution in [0.2, 0.25) is 0 Å². The summed E-state index contributed by atoms with van der Waals surface area (Å²) in [5.41, 5.74) is 3.01. The van der Waals surface area contributed by atoms with E-state index >= 15 is 0 Å². The van der Waals surface area contributed by atoms with Gasteiger partial charge in [0, 0.05) is 27.8 Å². The third-order valence-electron chi connectivity index (χ3n) is 2.90. The summed E-state index contributed by atoms with van der Waals surface area (Å²) in [4.78, 5) is 12.0. The highest BCUT2D eigenvalue weighted by molar-refractivity contribution is 14.1. The highest BCUT2D eigenvalue weighted by Gasteiger charge is 2.04. The van der Waals surface area contributed by atoms with Crippen LogP contribution >= 0.6 is 22.6 Å². The third kappa shape index (κ3) is 4.35. The van der Waals surface area contributed by atoms with Crippen molar-refractivity contribution in [1.82, 2.24) is 0 Å². The van der Waals surface area contributed by atoms with Crippen molar-refractivity contribution >= 4 is 34.1 Å². The maximum Gasteiger partial charge on any atom is 0.164 e.